The van der Waals surface area contributed by atoms with E-state index < -0.39 is 0 Å². The number of rotatable bonds is 0. The van der Waals surface area contributed by atoms with Crippen LogP contribution < -0.4 is 18.1 Å². The molecule has 0 saturated carbocycles. The molecule has 3 rings (SSSR count). The molecule has 0 saturated heterocycles. The predicted octanol–water partition coefficient (Wildman–Crippen LogP) is 0.459. The summed E-state index contributed by atoms with van der Waals surface area (Å²) in [5.41, 5.74) is 8.26. The second kappa shape index (κ2) is 4.47. The molecule has 1 aromatic heterocycles. The molecule has 5 heteroatoms. The van der Waals surface area contributed by atoms with Gasteiger partial charge >= 0.3 is 5.69 Å². The fourth-order valence-electron chi connectivity index (χ4n) is 1.96. The summed E-state index contributed by atoms with van der Waals surface area (Å²) in [4.78, 5) is 7.74. The average Bonchev–Trinajstić information content (AvgIpc) is 2.36. The van der Waals surface area contributed by atoms with Crippen LogP contribution in [0, 0.1) is 5.39 Å². The van der Waals surface area contributed by atoms with E-state index in [0.717, 1.165) is 21.8 Å². The van der Waals surface area contributed by atoms with Gasteiger partial charge in [0.05, 0.1) is 16.4 Å². The summed E-state index contributed by atoms with van der Waals surface area (Å²) in [7, 11) is 0. The molecule has 0 aliphatic rings. The Kier molecular flexibility index (Phi) is 3.00. The smallest absolute Gasteiger partial charge is 0.416 e. The van der Waals surface area contributed by atoms with Gasteiger partial charge in [0.25, 0.3) is 0 Å². The highest BCUT2D eigenvalue weighted by molar-refractivity contribution is 6.03. The predicted molar refractivity (Wildman–Crippen MR) is 68.4 cm³/mol. The average molecular weight is 257 g/mol. The molecule has 1 heterocycles. The maximum Gasteiger partial charge on any atom is 0.416 e. The summed E-state index contributed by atoms with van der Waals surface area (Å²) in [5, 5.41) is 10.8. The lowest BCUT2D eigenvalue weighted by Gasteiger charge is -2.00. The van der Waals surface area contributed by atoms with Crippen molar-refractivity contribution in [1.82, 2.24) is 4.98 Å². The Morgan fingerprint density at radius 1 is 1.06 bits per heavy atom. The minimum absolute atomic E-state index is 0. The van der Waals surface area contributed by atoms with Crippen molar-refractivity contribution < 1.29 is 12.4 Å². The molecule has 0 amide bonds. The SMILES string of the molecule is N#[N+]c1c(N)ccc2nc3ccccc3cc12.[Cl-]. The number of halogens is 1. The van der Waals surface area contributed by atoms with Gasteiger partial charge in [0.1, 0.15) is 5.69 Å². The number of diazo groups is 1. The third-order valence-corrected chi connectivity index (χ3v) is 2.80. The molecule has 0 unspecified atom stereocenters. The Morgan fingerprint density at radius 2 is 1.83 bits per heavy atom. The van der Waals surface area contributed by atoms with Gasteiger partial charge in [-0.05, 0) is 24.3 Å². The van der Waals surface area contributed by atoms with Gasteiger partial charge in [-0.1, -0.05) is 18.2 Å². The van der Waals surface area contributed by atoms with Crippen molar-refractivity contribution in [3.8, 4) is 0 Å². The highest BCUT2D eigenvalue weighted by Crippen LogP contribution is 2.33. The normalized spacial score (nSPS) is 9.94. The lowest BCUT2D eigenvalue weighted by Crippen LogP contribution is -3.00. The molecule has 2 N–H and O–H groups in total. The molecule has 0 radical (unpaired) electrons. The van der Waals surface area contributed by atoms with Crippen molar-refractivity contribution in [1.29, 1.82) is 5.39 Å². The number of hydrogen-bond donors (Lipinski definition) is 1. The summed E-state index contributed by atoms with van der Waals surface area (Å²) < 4.78 is 0. The van der Waals surface area contributed by atoms with E-state index >= 15 is 0 Å². The summed E-state index contributed by atoms with van der Waals surface area (Å²) in [6, 6.07) is 13.2. The highest BCUT2D eigenvalue weighted by atomic mass is 35.5. The van der Waals surface area contributed by atoms with Crippen LogP contribution in [0.4, 0.5) is 11.4 Å². The number of anilines is 1. The van der Waals surface area contributed by atoms with Crippen molar-refractivity contribution in [2.45, 2.75) is 0 Å². The second-order valence-corrected chi connectivity index (χ2v) is 3.85. The molecule has 0 bridgehead atoms. The number of hydrogen-bond acceptors (Lipinski definition) is 3. The van der Waals surface area contributed by atoms with Gasteiger partial charge < -0.3 is 18.1 Å². The number of pyridine rings is 1. The fourth-order valence-corrected chi connectivity index (χ4v) is 1.96. The van der Waals surface area contributed by atoms with E-state index in [1.165, 1.54) is 0 Å². The van der Waals surface area contributed by atoms with Crippen LogP contribution in [-0.2, 0) is 0 Å². The monoisotopic (exact) mass is 256 g/mol. The Bertz CT molecular complexity index is 777. The van der Waals surface area contributed by atoms with E-state index in [4.69, 9.17) is 11.1 Å². The molecule has 0 aliphatic carbocycles. The third-order valence-electron chi connectivity index (χ3n) is 2.80. The molecular weight excluding hydrogens is 248 g/mol. The van der Waals surface area contributed by atoms with Crippen LogP contribution in [0.25, 0.3) is 26.8 Å². The van der Waals surface area contributed by atoms with Gasteiger partial charge in [0, 0.05) is 5.39 Å². The summed E-state index contributed by atoms with van der Waals surface area (Å²) in [5.74, 6) is 0. The Labute approximate surface area is 109 Å². The van der Waals surface area contributed by atoms with E-state index in [1.807, 2.05) is 36.4 Å². The van der Waals surface area contributed by atoms with E-state index in [-0.39, 0.29) is 12.4 Å². The second-order valence-electron chi connectivity index (χ2n) is 3.85. The van der Waals surface area contributed by atoms with Crippen LogP contribution >= 0.6 is 0 Å². The maximum atomic E-state index is 9.01. The number of para-hydroxylation sites is 1. The number of nitrogen functional groups attached to an aromatic ring is 1. The molecule has 0 aliphatic heterocycles. The number of benzene rings is 2. The van der Waals surface area contributed by atoms with Crippen LogP contribution in [-0.4, -0.2) is 4.98 Å². The molecule has 4 nitrogen and oxygen atoms in total. The fraction of sp³-hybridized carbons (Fsp3) is 0. The molecule has 18 heavy (non-hydrogen) atoms. The van der Waals surface area contributed by atoms with Gasteiger partial charge in [0.2, 0.25) is 5.39 Å². The van der Waals surface area contributed by atoms with Crippen molar-refractivity contribution in [2.24, 2.45) is 0 Å². The largest absolute Gasteiger partial charge is 1.00 e. The topological polar surface area (TPSA) is 67.1 Å². The lowest BCUT2D eigenvalue weighted by atomic mass is 10.1. The Morgan fingerprint density at radius 3 is 2.61 bits per heavy atom. The Balaban J connectivity index is 0.00000120. The molecule has 88 valence electrons. The van der Waals surface area contributed by atoms with Crippen LogP contribution in [0.1, 0.15) is 0 Å². The number of nitrogens with zero attached hydrogens (tertiary/aromatic N) is 3. The van der Waals surface area contributed by atoms with Crippen LogP contribution in [0.5, 0.6) is 0 Å². The number of nitrogens with two attached hydrogens (primary N) is 1. The first kappa shape index (κ1) is 12.1. The zero-order valence-corrected chi connectivity index (χ0v) is 10.1. The minimum Gasteiger partial charge on any atom is -1.00 e. The van der Waals surface area contributed by atoms with Gasteiger partial charge in [-0.3, -0.25) is 0 Å². The van der Waals surface area contributed by atoms with Crippen LogP contribution in [0.2, 0.25) is 0 Å². The molecular formula is C13H9ClN4. The first-order valence-corrected chi connectivity index (χ1v) is 5.22. The number of aromatic nitrogens is 1. The van der Waals surface area contributed by atoms with Crippen LogP contribution in [0.15, 0.2) is 42.5 Å². The van der Waals surface area contributed by atoms with E-state index in [0.29, 0.717) is 11.4 Å². The first-order valence-electron chi connectivity index (χ1n) is 5.22. The van der Waals surface area contributed by atoms with E-state index in [9.17, 15) is 0 Å². The number of fused-ring (bicyclic) bond motifs is 2. The van der Waals surface area contributed by atoms with Gasteiger partial charge in [0.15, 0.2) is 4.98 Å². The highest BCUT2D eigenvalue weighted by Gasteiger charge is 2.17. The molecule has 0 spiro atoms. The minimum atomic E-state index is 0. The molecule has 0 fully saturated rings. The molecule has 3 aromatic rings. The zero-order chi connectivity index (χ0) is 11.8. The summed E-state index contributed by atoms with van der Waals surface area (Å²) in [6.07, 6.45) is 0. The van der Waals surface area contributed by atoms with Gasteiger partial charge in [-0.15, -0.1) is 0 Å². The summed E-state index contributed by atoms with van der Waals surface area (Å²) >= 11 is 0. The quantitative estimate of drug-likeness (QED) is 0.361. The standard InChI is InChI=1S/C13H9N4.ClH/c14-10-5-6-12-9(13(10)17-15)7-8-3-1-2-4-11(8)16-12;/h1-7H,14H2;1H/q+1;/p-1. The zero-order valence-electron chi connectivity index (χ0n) is 9.34. The van der Waals surface area contributed by atoms with Gasteiger partial charge in [-0.25, -0.2) is 4.98 Å². The van der Waals surface area contributed by atoms with Crippen molar-refractivity contribution in [3.05, 3.63) is 47.4 Å². The van der Waals surface area contributed by atoms with Crippen molar-refractivity contribution in [2.75, 3.05) is 5.73 Å². The van der Waals surface area contributed by atoms with Crippen molar-refractivity contribution >= 4 is 33.2 Å². The molecule has 2 aromatic carbocycles. The van der Waals surface area contributed by atoms with Crippen molar-refractivity contribution in [3.63, 3.8) is 0 Å². The third kappa shape index (κ3) is 1.71. The maximum absolute atomic E-state index is 9.01. The lowest BCUT2D eigenvalue weighted by molar-refractivity contribution is -0.00000360. The summed E-state index contributed by atoms with van der Waals surface area (Å²) in [6.45, 7) is 0. The van der Waals surface area contributed by atoms with Crippen LogP contribution in [0.3, 0.4) is 0 Å². The van der Waals surface area contributed by atoms with E-state index in [1.54, 1.807) is 6.07 Å². The molecule has 0 atom stereocenters. The first-order chi connectivity index (χ1) is 8.29. The van der Waals surface area contributed by atoms with E-state index in [2.05, 4.69) is 9.96 Å². The van der Waals surface area contributed by atoms with Gasteiger partial charge in [-0.2, -0.15) is 0 Å². The Hall–Kier alpha value is -2.38.